The molecule has 4 aliphatic rings. The minimum Gasteiger partial charge on any atom is -0.457 e. The molecule has 0 aromatic carbocycles. The minimum atomic E-state index is -3.20. The number of aliphatic imine (C=N–C) groups is 2. The van der Waals surface area contributed by atoms with Crippen LogP contribution in [0.25, 0.3) is 5.57 Å². The average molecular weight is 990 g/mol. The van der Waals surface area contributed by atoms with Gasteiger partial charge in [-0.05, 0) is 92.7 Å². The molecule has 4 aliphatic heterocycles. The summed E-state index contributed by atoms with van der Waals surface area (Å²) in [4.78, 5) is 75.9. The van der Waals surface area contributed by atoms with Crippen LogP contribution in [0.3, 0.4) is 0 Å². The van der Waals surface area contributed by atoms with Crippen molar-refractivity contribution in [3.63, 3.8) is 0 Å². The number of aliphatic hydroxyl groups excluding tert-OH is 1. The third-order valence-corrected chi connectivity index (χ3v) is 15.3. The Morgan fingerprint density at radius 2 is 1.83 bits per heavy atom. The molecule has 1 aromatic rings. The Morgan fingerprint density at radius 1 is 1.13 bits per heavy atom. The number of nitrogens with one attached hydrogen (secondary N) is 1. The molecule has 3 fully saturated rings. The van der Waals surface area contributed by atoms with Crippen molar-refractivity contribution in [1.82, 2.24) is 9.88 Å². The maximum Gasteiger partial charge on any atom is 0.351 e. The topological polar surface area (TPSA) is 246 Å². The molecule has 3 saturated heterocycles. The highest BCUT2D eigenvalue weighted by atomic mass is 32.1. The van der Waals surface area contributed by atoms with Gasteiger partial charge in [-0.15, -0.1) is 11.3 Å². The number of hydrogen-bond acceptors (Lipinski definition) is 17. The summed E-state index contributed by atoms with van der Waals surface area (Å²) in [5.74, 6) is -6.47. The van der Waals surface area contributed by atoms with Gasteiger partial charge in [-0.1, -0.05) is 52.8 Å². The zero-order valence-electron chi connectivity index (χ0n) is 42.6. The van der Waals surface area contributed by atoms with Crippen molar-refractivity contribution in [3.8, 4) is 0 Å². The molecule has 2 bridgehead atoms. The number of hydrogen-bond donors (Lipinski definition) is 4. The predicted octanol–water partition coefficient (Wildman–Crippen LogP) is 5.33. The number of alkyl halides is 1. The molecule has 5 rings (SSSR count). The zero-order valence-corrected chi connectivity index (χ0v) is 43.4. The molecule has 0 spiro atoms. The molecular formula is C49H76FN7O11S. The van der Waals surface area contributed by atoms with Crippen molar-refractivity contribution < 1.29 is 57.6 Å². The van der Waals surface area contributed by atoms with Crippen LogP contribution >= 0.6 is 11.3 Å². The van der Waals surface area contributed by atoms with Gasteiger partial charge in [0, 0.05) is 53.1 Å². The Balaban J connectivity index is 1.59. The number of dihydropyridines is 1. The number of nitrogens with zero attached hydrogens (tertiary/aromatic N) is 5. The maximum absolute atomic E-state index is 17.1. The molecule has 0 saturated carbocycles. The fourth-order valence-electron chi connectivity index (χ4n) is 10.2. The number of amides is 2. The van der Waals surface area contributed by atoms with Crippen molar-refractivity contribution in [2.45, 2.75) is 180 Å². The van der Waals surface area contributed by atoms with Crippen LogP contribution in [0.15, 0.2) is 26.6 Å². The molecule has 69 heavy (non-hydrogen) atoms. The number of thiazole rings is 1. The Morgan fingerprint density at radius 3 is 2.45 bits per heavy atom. The van der Waals surface area contributed by atoms with E-state index in [4.69, 9.17) is 34.5 Å². The van der Waals surface area contributed by atoms with Gasteiger partial charge in [0.05, 0.1) is 42.2 Å². The number of carbonyl (C=O) groups is 4. The Bertz CT molecular complexity index is 2130. The average Bonchev–Trinajstić information content (AvgIpc) is 3.75. The molecule has 1 aromatic heterocycles. The van der Waals surface area contributed by atoms with Crippen LogP contribution in [0.2, 0.25) is 0 Å². The molecule has 16 atom stereocenters. The lowest BCUT2D eigenvalue weighted by Gasteiger charge is -2.48. The monoisotopic (exact) mass is 990 g/mol. The van der Waals surface area contributed by atoms with Crippen LogP contribution in [-0.2, 0) is 43.0 Å². The van der Waals surface area contributed by atoms with E-state index in [1.54, 1.807) is 39.3 Å². The highest BCUT2D eigenvalue weighted by Gasteiger charge is 2.56. The molecule has 20 heteroatoms. The third kappa shape index (κ3) is 13.0. The SMILES string of the molecule is CCC(=O)/N=C1\[C@H](C)C[C@@]2(C)OC/C(=N/OCC3N=CC(c4nc(NC(=O)C(C)N)cs4)=CC3C)CC[C@H]([C@H]1C)[C@](C)(O)[C@@H](CC)OC(=O)[C@@](C)(F)C(=O)[C@H](C)[C@H]2O[C@@H]1O[C@H](C)C[C@H](N(C)C)[C@H]1O. The van der Waals surface area contributed by atoms with Crippen LogP contribution in [0.5, 0.6) is 0 Å². The number of oxime groups is 1. The van der Waals surface area contributed by atoms with Crippen LogP contribution in [-0.4, -0.2) is 154 Å². The Kier molecular flexibility index (Phi) is 18.8. The first-order valence-electron chi connectivity index (χ1n) is 24.3. The number of ether oxygens (including phenoxy) is 4. The first-order valence-corrected chi connectivity index (χ1v) is 25.2. The number of rotatable bonds is 11. The highest BCUT2D eigenvalue weighted by molar-refractivity contribution is 7.11. The number of cyclic esters (lactones) is 1. The normalized spacial score (nSPS) is 39.0. The van der Waals surface area contributed by atoms with Gasteiger partial charge in [-0.25, -0.2) is 19.2 Å². The van der Waals surface area contributed by atoms with Crippen LogP contribution in [0.4, 0.5) is 10.2 Å². The van der Waals surface area contributed by atoms with Crippen LogP contribution < -0.4 is 11.1 Å². The summed E-state index contributed by atoms with van der Waals surface area (Å²) < 4.78 is 42.8. The molecule has 0 radical (unpaired) electrons. The summed E-state index contributed by atoms with van der Waals surface area (Å²) in [5.41, 5.74) is 0.752. The number of aliphatic hydroxyl groups is 2. The van der Waals surface area contributed by atoms with Crippen molar-refractivity contribution >= 4 is 63.9 Å². The van der Waals surface area contributed by atoms with E-state index in [0.29, 0.717) is 28.7 Å². The second-order valence-electron chi connectivity index (χ2n) is 20.3. The van der Waals surface area contributed by atoms with Crippen molar-refractivity contribution in [1.29, 1.82) is 0 Å². The first kappa shape index (κ1) is 56.0. The van der Waals surface area contributed by atoms with Crippen LogP contribution in [0, 0.1) is 29.6 Å². The summed E-state index contributed by atoms with van der Waals surface area (Å²) in [6.07, 6.45) is -0.798. The van der Waals surface area contributed by atoms with E-state index in [-0.39, 0.29) is 75.2 Å². The summed E-state index contributed by atoms with van der Waals surface area (Å²) in [5, 5.41) is 34.1. The van der Waals surface area contributed by atoms with Gasteiger partial charge in [0.2, 0.25) is 11.8 Å². The fraction of sp³-hybridized carbons (Fsp3) is 0.755. The minimum absolute atomic E-state index is 0.0423. The third-order valence-electron chi connectivity index (χ3n) is 14.4. The molecule has 386 valence electrons. The number of carbonyl (C=O) groups excluding carboxylic acids is 4. The van der Waals surface area contributed by atoms with E-state index in [0.717, 1.165) is 12.5 Å². The summed E-state index contributed by atoms with van der Waals surface area (Å²) in [6.45, 7) is 18.0. The molecule has 5 N–H and O–H groups in total. The van der Waals surface area contributed by atoms with Gasteiger partial charge in [0.25, 0.3) is 5.67 Å². The molecule has 2 amide bonds. The van der Waals surface area contributed by atoms with E-state index in [2.05, 4.69) is 20.4 Å². The number of halogens is 1. The smallest absolute Gasteiger partial charge is 0.351 e. The van der Waals surface area contributed by atoms with Gasteiger partial charge in [0.1, 0.15) is 35.2 Å². The largest absolute Gasteiger partial charge is 0.457 e. The number of esters is 1. The van der Waals surface area contributed by atoms with Gasteiger partial charge < -0.3 is 49.9 Å². The van der Waals surface area contributed by atoms with Crippen molar-refractivity contribution in [2.24, 2.45) is 50.5 Å². The van der Waals surface area contributed by atoms with Crippen molar-refractivity contribution in [3.05, 3.63) is 16.5 Å². The number of aromatic nitrogens is 1. The standard InChI is InChI=1S/C49H76FN7O11S/c1-14-36-49(11,63)33-17-16-32(56-65-23-34-25(3)18-31(21-52-34)44-54-37(24-69-44)53-43(61)30(8)51)22-64-47(9,20-26(4)39(28(33)6)55-38(58)15-2)42(29(7)41(60)48(10,50)46(62)67-36)68-45-40(59)35(57(12)13)19-27(5)66-45/h18,21,24-30,33-36,40,42,45,59,63H,14-17,19-20,22-23,51H2,1-13H3,(H,53,61)/b55-39+,56-32+/t25?,26-,27-,28-,29+,30?,33-,34?,35+,36-,40-,42-,45+,47-,48+,49+/m1/s1. The number of allylic oxidation sites excluding steroid dienone is 1. The fourth-order valence-corrected chi connectivity index (χ4v) is 10.9. The lowest BCUT2D eigenvalue weighted by molar-refractivity contribution is -0.296. The quantitative estimate of drug-likeness (QED) is 0.124. The number of anilines is 1. The zero-order chi connectivity index (χ0) is 51.3. The summed E-state index contributed by atoms with van der Waals surface area (Å²) in [6, 6.07) is -1.44. The molecule has 18 nitrogen and oxygen atoms in total. The Labute approximate surface area is 410 Å². The van der Waals surface area contributed by atoms with Gasteiger partial charge >= 0.3 is 5.97 Å². The van der Waals surface area contributed by atoms with Gasteiger partial charge in [-0.3, -0.25) is 19.4 Å². The van der Waals surface area contributed by atoms with E-state index in [9.17, 15) is 29.4 Å². The van der Waals surface area contributed by atoms with Gasteiger partial charge in [0.15, 0.2) is 12.1 Å². The second-order valence-corrected chi connectivity index (χ2v) is 21.2. The van der Waals surface area contributed by atoms with E-state index < -0.39 is 89.0 Å². The Hall–Kier alpha value is -3.89. The van der Waals surface area contributed by atoms with Crippen LogP contribution in [0.1, 0.15) is 120 Å². The molecular weight excluding hydrogens is 914 g/mol. The van der Waals surface area contributed by atoms with E-state index >= 15 is 4.39 Å². The lowest BCUT2D eigenvalue weighted by Crippen LogP contribution is -2.61. The molecule has 0 aliphatic carbocycles. The first-order chi connectivity index (χ1) is 32.2. The van der Waals surface area contributed by atoms with Crippen molar-refractivity contribution in [2.75, 3.05) is 32.6 Å². The highest BCUT2D eigenvalue weighted by Crippen LogP contribution is 2.43. The molecule has 3 unspecified atom stereocenters. The van der Waals surface area contributed by atoms with Gasteiger partial charge in [-0.2, -0.15) is 0 Å². The van der Waals surface area contributed by atoms with E-state index in [1.165, 1.54) is 25.2 Å². The number of Topliss-reactive ketones (excluding diaryl/α,β-unsaturated/α-hetero) is 1. The summed E-state index contributed by atoms with van der Waals surface area (Å²) >= 11 is 1.36. The summed E-state index contributed by atoms with van der Waals surface area (Å²) in [7, 11) is 3.65. The molecule has 5 heterocycles. The number of likely N-dealkylation sites (N-methyl/N-ethyl adjacent to an activating group) is 1. The lowest BCUT2D eigenvalue weighted by atomic mass is 9.68. The maximum atomic E-state index is 17.1. The second kappa shape index (κ2) is 23.1. The number of fused-ring (bicyclic) bond motifs is 5. The predicted molar refractivity (Wildman–Crippen MR) is 262 cm³/mol. The number of ketones is 1. The van der Waals surface area contributed by atoms with E-state index in [1.807, 2.05) is 52.8 Å². The number of nitrogens with two attached hydrogens (primary N) is 1.